The number of aromatic nitrogens is 2. The molecule has 0 bridgehead atoms. The Hall–Kier alpha value is -0.870. The molecule has 0 aliphatic carbocycles. The summed E-state index contributed by atoms with van der Waals surface area (Å²) in [4.78, 5) is 6.77. The van der Waals surface area contributed by atoms with Crippen molar-refractivity contribution in [1.29, 1.82) is 0 Å². The zero-order valence-corrected chi connectivity index (χ0v) is 11.3. The van der Waals surface area contributed by atoms with Crippen LogP contribution in [0.3, 0.4) is 0 Å². The van der Waals surface area contributed by atoms with E-state index in [0.717, 1.165) is 19.5 Å². The van der Waals surface area contributed by atoms with Crippen molar-refractivity contribution in [3.05, 3.63) is 18.2 Å². The molecule has 2 unspecified atom stereocenters. The fraction of sp³-hybridized carbons (Fsp3) is 0.769. The third-order valence-electron chi connectivity index (χ3n) is 3.69. The van der Waals surface area contributed by atoms with Crippen molar-refractivity contribution in [2.75, 3.05) is 6.54 Å². The molecule has 0 amide bonds. The molecule has 17 heavy (non-hydrogen) atoms. The average Bonchev–Trinajstić information content (AvgIpc) is 2.81. The molecule has 1 saturated heterocycles. The van der Waals surface area contributed by atoms with Crippen LogP contribution in [-0.2, 0) is 6.54 Å². The van der Waals surface area contributed by atoms with E-state index >= 15 is 0 Å². The third-order valence-corrected chi connectivity index (χ3v) is 3.69. The predicted octanol–water partition coefficient (Wildman–Crippen LogP) is 1.78. The summed E-state index contributed by atoms with van der Waals surface area (Å²) in [5, 5.41) is 0. The molecule has 1 aromatic heterocycles. The van der Waals surface area contributed by atoms with E-state index in [0.29, 0.717) is 6.04 Å². The maximum Gasteiger partial charge on any atom is 0.0948 e. The Bertz CT molecular complexity index is 377. The molecule has 0 spiro atoms. The van der Waals surface area contributed by atoms with Gasteiger partial charge in [-0.3, -0.25) is 4.90 Å². The number of aryl methyl sites for hydroxylation is 1. The van der Waals surface area contributed by atoms with Gasteiger partial charge in [-0.1, -0.05) is 0 Å². The Morgan fingerprint density at radius 3 is 2.76 bits per heavy atom. The molecule has 0 saturated carbocycles. The van der Waals surface area contributed by atoms with E-state index in [4.69, 9.17) is 5.73 Å². The summed E-state index contributed by atoms with van der Waals surface area (Å²) in [5.41, 5.74) is 7.71. The van der Waals surface area contributed by atoms with E-state index in [2.05, 4.69) is 42.1 Å². The van der Waals surface area contributed by atoms with Crippen molar-refractivity contribution in [2.24, 2.45) is 5.73 Å². The Balaban J connectivity index is 2.34. The smallest absolute Gasteiger partial charge is 0.0948 e. The van der Waals surface area contributed by atoms with Crippen LogP contribution in [0.5, 0.6) is 0 Å². The van der Waals surface area contributed by atoms with E-state index in [1.165, 1.54) is 5.69 Å². The maximum absolute atomic E-state index is 6.30. The fourth-order valence-electron chi connectivity index (χ4n) is 2.79. The van der Waals surface area contributed by atoms with E-state index in [9.17, 15) is 0 Å². The minimum Gasteiger partial charge on any atom is -0.333 e. The van der Waals surface area contributed by atoms with Crippen LogP contribution in [-0.4, -0.2) is 32.6 Å². The summed E-state index contributed by atoms with van der Waals surface area (Å²) < 4.78 is 2.20. The summed E-state index contributed by atoms with van der Waals surface area (Å²) in [5.74, 6) is 0. The summed E-state index contributed by atoms with van der Waals surface area (Å²) in [6, 6.07) is 0.522. The molecule has 1 aromatic rings. The molecular weight excluding hydrogens is 212 g/mol. The van der Waals surface area contributed by atoms with Crippen molar-refractivity contribution < 1.29 is 0 Å². The van der Waals surface area contributed by atoms with Gasteiger partial charge in [0.05, 0.1) is 18.1 Å². The number of imidazole rings is 1. The zero-order chi connectivity index (χ0) is 12.6. The topological polar surface area (TPSA) is 47.1 Å². The second-order valence-corrected chi connectivity index (χ2v) is 5.87. The van der Waals surface area contributed by atoms with Crippen molar-refractivity contribution in [3.63, 3.8) is 0 Å². The van der Waals surface area contributed by atoms with Gasteiger partial charge in [0, 0.05) is 30.9 Å². The lowest BCUT2D eigenvalue weighted by Gasteiger charge is -2.38. The van der Waals surface area contributed by atoms with Crippen LogP contribution in [0, 0.1) is 0 Å². The number of nitrogens with zero attached hydrogens (tertiary/aromatic N) is 3. The first-order valence-corrected chi connectivity index (χ1v) is 6.47. The first kappa shape index (κ1) is 12.6. The first-order chi connectivity index (χ1) is 7.95. The normalized spacial score (nSPS) is 26.6. The second-order valence-electron chi connectivity index (χ2n) is 5.87. The third kappa shape index (κ3) is 2.24. The Morgan fingerprint density at radius 1 is 1.47 bits per heavy atom. The minimum absolute atomic E-state index is 0.154. The van der Waals surface area contributed by atoms with Gasteiger partial charge in [0.2, 0.25) is 0 Å². The number of hydrogen-bond acceptors (Lipinski definition) is 3. The minimum atomic E-state index is 0.154. The quantitative estimate of drug-likeness (QED) is 0.851. The van der Waals surface area contributed by atoms with E-state index < -0.39 is 0 Å². The highest BCUT2D eigenvalue weighted by Gasteiger charge is 2.40. The summed E-state index contributed by atoms with van der Waals surface area (Å²) in [6.07, 6.45) is 4.94. The highest BCUT2D eigenvalue weighted by Crippen LogP contribution is 2.36. The van der Waals surface area contributed by atoms with Gasteiger partial charge < -0.3 is 10.3 Å². The molecular formula is C13H24N4. The molecule has 1 fully saturated rings. The lowest BCUT2D eigenvalue weighted by Crippen LogP contribution is -2.44. The number of likely N-dealkylation sites (tertiary alicyclic amines) is 1. The van der Waals surface area contributed by atoms with Gasteiger partial charge in [-0.2, -0.15) is 0 Å². The Kier molecular flexibility index (Phi) is 3.27. The number of nitrogens with two attached hydrogens (primary N) is 1. The largest absolute Gasteiger partial charge is 0.333 e. The highest BCUT2D eigenvalue weighted by atomic mass is 15.3. The molecule has 0 aromatic carbocycles. The van der Waals surface area contributed by atoms with Gasteiger partial charge >= 0.3 is 0 Å². The first-order valence-electron chi connectivity index (χ1n) is 6.47. The van der Waals surface area contributed by atoms with Gasteiger partial charge in [-0.15, -0.1) is 0 Å². The monoisotopic (exact) mass is 236 g/mol. The van der Waals surface area contributed by atoms with Crippen molar-refractivity contribution in [3.8, 4) is 0 Å². The van der Waals surface area contributed by atoms with Crippen LogP contribution in [0.1, 0.15) is 45.9 Å². The molecule has 0 radical (unpaired) electrons. The lowest BCUT2D eigenvalue weighted by atomic mass is 10.0. The fourth-order valence-corrected chi connectivity index (χ4v) is 2.79. The Morgan fingerprint density at radius 2 is 2.18 bits per heavy atom. The van der Waals surface area contributed by atoms with E-state index in [1.54, 1.807) is 0 Å². The van der Waals surface area contributed by atoms with Crippen LogP contribution in [0.2, 0.25) is 0 Å². The van der Waals surface area contributed by atoms with E-state index in [-0.39, 0.29) is 11.6 Å². The molecule has 4 nitrogen and oxygen atoms in total. The van der Waals surface area contributed by atoms with Gasteiger partial charge in [0.15, 0.2) is 0 Å². The SMILES string of the molecule is CCn1cncc1C1C(N)CCN1C(C)(C)C. The summed E-state index contributed by atoms with van der Waals surface area (Å²) in [6.45, 7) is 10.9. The highest BCUT2D eigenvalue weighted by molar-refractivity contribution is 5.13. The van der Waals surface area contributed by atoms with Gasteiger partial charge in [0.25, 0.3) is 0 Å². The number of hydrogen-bond donors (Lipinski definition) is 1. The lowest BCUT2D eigenvalue weighted by molar-refractivity contribution is 0.112. The average molecular weight is 236 g/mol. The molecule has 2 rings (SSSR count). The second kappa shape index (κ2) is 4.42. The van der Waals surface area contributed by atoms with Crippen LogP contribution in [0.25, 0.3) is 0 Å². The standard InChI is InChI=1S/C13H24N4/c1-5-16-9-15-8-11(16)12-10(14)6-7-17(12)13(2,3)4/h8-10,12H,5-7,14H2,1-4H3. The van der Waals surface area contributed by atoms with Crippen LogP contribution in [0.15, 0.2) is 12.5 Å². The van der Waals surface area contributed by atoms with Crippen molar-refractivity contribution in [2.45, 2.75) is 58.3 Å². The van der Waals surface area contributed by atoms with Crippen LogP contribution >= 0.6 is 0 Å². The van der Waals surface area contributed by atoms with Gasteiger partial charge in [-0.05, 0) is 34.1 Å². The Labute approximate surface area is 104 Å². The van der Waals surface area contributed by atoms with Crippen LogP contribution < -0.4 is 5.73 Å². The predicted molar refractivity (Wildman–Crippen MR) is 69.7 cm³/mol. The van der Waals surface area contributed by atoms with Gasteiger partial charge in [-0.25, -0.2) is 4.98 Å². The van der Waals surface area contributed by atoms with Gasteiger partial charge in [0.1, 0.15) is 0 Å². The molecule has 4 heteroatoms. The van der Waals surface area contributed by atoms with E-state index in [1.807, 2.05) is 12.5 Å². The molecule has 96 valence electrons. The summed E-state index contributed by atoms with van der Waals surface area (Å²) in [7, 11) is 0. The zero-order valence-electron chi connectivity index (χ0n) is 11.3. The van der Waals surface area contributed by atoms with Crippen molar-refractivity contribution >= 4 is 0 Å². The van der Waals surface area contributed by atoms with Crippen LogP contribution in [0.4, 0.5) is 0 Å². The number of rotatable bonds is 2. The maximum atomic E-state index is 6.30. The molecule has 1 aliphatic heterocycles. The molecule has 2 atom stereocenters. The summed E-state index contributed by atoms with van der Waals surface area (Å²) >= 11 is 0. The molecule has 1 aliphatic rings. The molecule has 2 N–H and O–H groups in total. The molecule has 2 heterocycles. The van der Waals surface area contributed by atoms with Crippen molar-refractivity contribution in [1.82, 2.24) is 14.5 Å².